The second kappa shape index (κ2) is 6.00. The highest BCUT2D eigenvalue weighted by molar-refractivity contribution is 6.30. The highest BCUT2D eigenvalue weighted by Gasteiger charge is 2.15. The lowest BCUT2D eigenvalue weighted by molar-refractivity contribution is 0.135. The summed E-state index contributed by atoms with van der Waals surface area (Å²) in [7, 11) is 0. The van der Waals surface area contributed by atoms with E-state index < -0.39 is 6.10 Å². The van der Waals surface area contributed by atoms with Crippen molar-refractivity contribution in [3.63, 3.8) is 0 Å². The summed E-state index contributed by atoms with van der Waals surface area (Å²) in [5, 5.41) is 20.8. The van der Waals surface area contributed by atoms with Crippen LogP contribution in [-0.4, -0.2) is 21.3 Å². The molecule has 1 aromatic carbocycles. The van der Waals surface area contributed by atoms with Crippen molar-refractivity contribution in [1.82, 2.24) is 15.5 Å². The van der Waals surface area contributed by atoms with Crippen molar-refractivity contribution in [2.75, 3.05) is 0 Å². The van der Waals surface area contributed by atoms with Gasteiger partial charge in [-0.15, -0.1) is 0 Å². The summed E-state index contributed by atoms with van der Waals surface area (Å²) >= 11 is 5.82. The molecule has 0 aliphatic carbocycles. The molecule has 5 heteroatoms. The Morgan fingerprint density at radius 1 is 1.33 bits per heavy atom. The smallest absolute Gasteiger partial charge is 0.0940 e. The Balaban J connectivity index is 1.91. The predicted molar refractivity (Wildman–Crippen MR) is 71.3 cm³/mol. The summed E-state index contributed by atoms with van der Waals surface area (Å²) < 4.78 is 0. The molecular weight excluding hydrogens is 250 g/mol. The van der Waals surface area contributed by atoms with Gasteiger partial charge in [0.05, 0.1) is 6.10 Å². The van der Waals surface area contributed by atoms with Crippen LogP contribution in [0.5, 0.6) is 0 Å². The van der Waals surface area contributed by atoms with Gasteiger partial charge < -0.3 is 10.4 Å². The van der Waals surface area contributed by atoms with Crippen LogP contribution in [0.3, 0.4) is 0 Å². The molecule has 2 unspecified atom stereocenters. The maximum Gasteiger partial charge on any atom is 0.0940 e. The molecule has 3 N–H and O–H groups in total. The number of aromatic nitrogens is 2. The lowest BCUT2D eigenvalue weighted by atomic mass is 10.0. The van der Waals surface area contributed by atoms with E-state index in [4.69, 9.17) is 11.6 Å². The fraction of sp³-hybridized carbons (Fsp3) is 0.308. The Kier molecular flexibility index (Phi) is 4.36. The van der Waals surface area contributed by atoms with Crippen LogP contribution in [0.15, 0.2) is 36.5 Å². The van der Waals surface area contributed by atoms with Gasteiger partial charge in [0.2, 0.25) is 0 Å². The molecule has 96 valence electrons. The van der Waals surface area contributed by atoms with E-state index in [1.807, 2.05) is 25.1 Å². The summed E-state index contributed by atoms with van der Waals surface area (Å²) in [6.07, 6.45) is 1.14. The zero-order valence-corrected chi connectivity index (χ0v) is 10.9. The standard InChI is InChI=1S/C13H16ClN3O/c1-9(15-8-12-6-7-16-17-12)13(18)10-2-4-11(14)5-3-10/h2-7,9,13,15,18H,8H2,1H3,(H,16,17). The molecule has 1 aromatic heterocycles. The summed E-state index contributed by atoms with van der Waals surface area (Å²) in [5.74, 6) is 0. The number of H-pyrrole nitrogens is 1. The van der Waals surface area contributed by atoms with Crippen LogP contribution in [0.1, 0.15) is 24.3 Å². The third kappa shape index (κ3) is 3.32. The van der Waals surface area contributed by atoms with Gasteiger partial charge in [0.1, 0.15) is 0 Å². The van der Waals surface area contributed by atoms with Crippen molar-refractivity contribution in [1.29, 1.82) is 0 Å². The second-order valence-electron chi connectivity index (χ2n) is 4.25. The van der Waals surface area contributed by atoms with Crippen molar-refractivity contribution < 1.29 is 5.11 Å². The molecule has 0 aliphatic heterocycles. The first-order chi connectivity index (χ1) is 8.66. The topological polar surface area (TPSA) is 60.9 Å². The lowest BCUT2D eigenvalue weighted by Crippen LogP contribution is -2.31. The highest BCUT2D eigenvalue weighted by atomic mass is 35.5. The SMILES string of the molecule is CC(NCc1ccn[nH]1)C(O)c1ccc(Cl)cc1. The van der Waals surface area contributed by atoms with E-state index in [0.29, 0.717) is 11.6 Å². The van der Waals surface area contributed by atoms with Crippen LogP contribution in [0.2, 0.25) is 5.02 Å². The number of benzene rings is 1. The van der Waals surface area contributed by atoms with Crippen LogP contribution >= 0.6 is 11.6 Å². The molecule has 4 nitrogen and oxygen atoms in total. The molecular formula is C13H16ClN3O. The molecule has 0 amide bonds. The third-order valence-electron chi connectivity index (χ3n) is 2.86. The molecule has 0 fully saturated rings. The van der Waals surface area contributed by atoms with E-state index in [0.717, 1.165) is 11.3 Å². The average Bonchev–Trinajstić information content (AvgIpc) is 2.89. The molecule has 0 spiro atoms. The lowest BCUT2D eigenvalue weighted by Gasteiger charge is -2.20. The van der Waals surface area contributed by atoms with E-state index in [9.17, 15) is 5.11 Å². The van der Waals surface area contributed by atoms with Crippen molar-refractivity contribution in [3.8, 4) is 0 Å². The van der Waals surface area contributed by atoms with E-state index in [1.54, 1.807) is 18.3 Å². The van der Waals surface area contributed by atoms with Crippen LogP contribution < -0.4 is 5.32 Å². The maximum absolute atomic E-state index is 10.2. The summed E-state index contributed by atoms with van der Waals surface area (Å²) in [4.78, 5) is 0. The van der Waals surface area contributed by atoms with Gasteiger partial charge >= 0.3 is 0 Å². The number of aliphatic hydroxyl groups is 1. The number of rotatable bonds is 5. The molecule has 1 heterocycles. The quantitative estimate of drug-likeness (QED) is 0.777. The molecule has 2 atom stereocenters. The molecule has 0 bridgehead atoms. The highest BCUT2D eigenvalue weighted by Crippen LogP contribution is 2.19. The number of aliphatic hydroxyl groups excluding tert-OH is 1. The van der Waals surface area contributed by atoms with Gasteiger partial charge in [0.15, 0.2) is 0 Å². The Bertz CT molecular complexity index is 469. The number of hydrogen-bond donors (Lipinski definition) is 3. The molecule has 2 aromatic rings. The van der Waals surface area contributed by atoms with Gasteiger partial charge in [-0.2, -0.15) is 5.10 Å². The first-order valence-electron chi connectivity index (χ1n) is 5.82. The van der Waals surface area contributed by atoms with E-state index in [-0.39, 0.29) is 6.04 Å². The minimum atomic E-state index is -0.565. The van der Waals surface area contributed by atoms with Crippen molar-refractivity contribution in [2.45, 2.75) is 25.6 Å². The van der Waals surface area contributed by atoms with Crippen LogP contribution in [-0.2, 0) is 6.54 Å². The number of aromatic amines is 1. The first-order valence-corrected chi connectivity index (χ1v) is 6.20. The number of nitrogens with zero attached hydrogens (tertiary/aromatic N) is 1. The Morgan fingerprint density at radius 2 is 2.06 bits per heavy atom. The monoisotopic (exact) mass is 265 g/mol. The van der Waals surface area contributed by atoms with E-state index >= 15 is 0 Å². The largest absolute Gasteiger partial charge is 0.387 e. The summed E-state index contributed by atoms with van der Waals surface area (Å²) in [5.41, 5.74) is 1.84. The molecule has 0 aliphatic rings. The average molecular weight is 266 g/mol. The van der Waals surface area contributed by atoms with Gasteiger partial charge in [-0.3, -0.25) is 5.10 Å². The minimum Gasteiger partial charge on any atom is -0.387 e. The van der Waals surface area contributed by atoms with Gasteiger partial charge in [-0.05, 0) is 30.7 Å². The van der Waals surface area contributed by atoms with Crippen molar-refractivity contribution in [3.05, 3.63) is 52.8 Å². The molecule has 18 heavy (non-hydrogen) atoms. The van der Waals surface area contributed by atoms with Gasteiger partial charge in [0.25, 0.3) is 0 Å². The van der Waals surface area contributed by atoms with Crippen molar-refractivity contribution >= 4 is 11.6 Å². The minimum absolute atomic E-state index is 0.0607. The van der Waals surface area contributed by atoms with Gasteiger partial charge in [0, 0.05) is 29.5 Å². The first kappa shape index (κ1) is 13.1. The number of hydrogen-bond acceptors (Lipinski definition) is 3. The predicted octanol–water partition coefficient (Wildman–Crippen LogP) is 2.27. The Hall–Kier alpha value is -1.36. The normalized spacial score (nSPS) is 14.4. The molecule has 0 radical (unpaired) electrons. The zero-order valence-electron chi connectivity index (χ0n) is 10.1. The van der Waals surface area contributed by atoms with Crippen LogP contribution in [0.4, 0.5) is 0 Å². The second-order valence-corrected chi connectivity index (χ2v) is 4.68. The fourth-order valence-electron chi connectivity index (χ4n) is 1.71. The summed E-state index contributed by atoms with van der Waals surface area (Å²) in [6, 6.07) is 9.06. The number of nitrogens with one attached hydrogen (secondary N) is 2. The molecule has 0 saturated carbocycles. The van der Waals surface area contributed by atoms with Gasteiger partial charge in [-0.1, -0.05) is 23.7 Å². The fourth-order valence-corrected chi connectivity index (χ4v) is 1.84. The summed E-state index contributed by atoms with van der Waals surface area (Å²) in [6.45, 7) is 2.58. The third-order valence-corrected chi connectivity index (χ3v) is 3.11. The van der Waals surface area contributed by atoms with Crippen molar-refractivity contribution in [2.24, 2.45) is 0 Å². The van der Waals surface area contributed by atoms with Crippen LogP contribution in [0.25, 0.3) is 0 Å². The maximum atomic E-state index is 10.2. The Morgan fingerprint density at radius 3 is 2.67 bits per heavy atom. The molecule has 2 rings (SSSR count). The zero-order chi connectivity index (χ0) is 13.0. The number of halogens is 1. The van der Waals surface area contributed by atoms with Crippen LogP contribution in [0, 0.1) is 0 Å². The van der Waals surface area contributed by atoms with E-state index in [1.165, 1.54) is 0 Å². The van der Waals surface area contributed by atoms with Gasteiger partial charge in [-0.25, -0.2) is 0 Å². The Labute approximate surface area is 111 Å². The van der Waals surface area contributed by atoms with E-state index in [2.05, 4.69) is 15.5 Å². The molecule has 0 saturated heterocycles.